The fourth-order valence-corrected chi connectivity index (χ4v) is 3.36. The molecule has 2 N–H and O–H groups in total. The van der Waals surface area contributed by atoms with Gasteiger partial charge in [-0.25, -0.2) is 0 Å². The molecule has 154 valence electrons. The summed E-state index contributed by atoms with van der Waals surface area (Å²) in [6.45, 7) is 11.4. The average Bonchev–Trinajstić information content (AvgIpc) is 2.64. The van der Waals surface area contributed by atoms with Crippen LogP contribution in [0.4, 0.5) is 5.69 Å². The molecule has 0 spiro atoms. The molecule has 27 heavy (non-hydrogen) atoms. The monoisotopic (exact) mass is 488 g/mol. The predicted molar refractivity (Wildman–Crippen MR) is 128 cm³/mol. The summed E-state index contributed by atoms with van der Waals surface area (Å²) in [5.41, 5.74) is 2.58. The third kappa shape index (κ3) is 7.83. The van der Waals surface area contributed by atoms with Crippen LogP contribution in [0.25, 0.3) is 0 Å². The number of aryl methyl sites for hydroxylation is 1. The molecule has 1 atom stereocenters. The van der Waals surface area contributed by atoms with E-state index in [1.54, 1.807) is 0 Å². The van der Waals surface area contributed by atoms with Gasteiger partial charge >= 0.3 is 0 Å². The van der Waals surface area contributed by atoms with Crippen LogP contribution in [0.5, 0.6) is 0 Å². The molecule has 0 aromatic heterocycles. The zero-order chi connectivity index (χ0) is 18.9. The number of benzene rings is 1. The van der Waals surface area contributed by atoms with Crippen LogP contribution in [0, 0.1) is 6.92 Å². The van der Waals surface area contributed by atoms with Gasteiger partial charge in [0.25, 0.3) is 0 Å². The van der Waals surface area contributed by atoms with E-state index in [0.29, 0.717) is 6.04 Å². The highest BCUT2D eigenvalue weighted by molar-refractivity contribution is 14.0. The number of nitrogens with zero attached hydrogens (tertiary/aromatic N) is 4. The third-order valence-corrected chi connectivity index (χ3v) is 5.13. The second kappa shape index (κ2) is 12.4. The maximum absolute atomic E-state index is 4.37. The van der Waals surface area contributed by atoms with Crippen LogP contribution >= 0.6 is 24.0 Å². The van der Waals surface area contributed by atoms with Gasteiger partial charge in [0.2, 0.25) is 0 Å². The van der Waals surface area contributed by atoms with Gasteiger partial charge in [0.05, 0.1) is 0 Å². The number of hydrogen-bond acceptors (Lipinski definition) is 4. The summed E-state index contributed by atoms with van der Waals surface area (Å²) in [5, 5.41) is 6.93. The summed E-state index contributed by atoms with van der Waals surface area (Å²) < 4.78 is 0. The van der Waals surface area contributed by atoms with Crippen molar-refractivity contribution in [2.45, 2.75) is 19.9 Å². The smallest absolute Gasteiger partial charge is 0.191 e. The van der Waals surface area contributed by atoms with Crippen LogP contribution in [-0.2, 0) is 0 Å². The van der Waals surface area contributed by atoms with Gasteiger partial charge in [-0.2, -0.15) is 0 Å². The average molecular weight is 488 g/mol. The molecule has 0 saturated carbocycles. The second-order valence-corrected chi connectivity index (χ2v) is 7.20. The summed E-state index contributed by atoms with van der Waals surface area (Å²) in [6.07, 6.45) is 0. The molecule has 1 unspecified atom stereocenters. The fraction of sp³-hybridized carbons (Fsp3) is 0.650. The van der Waals surface area contributed by atoms with Crippen molar-refractivity contribution in [2.24, 2.45) is 4.99 Å². The van der Waals surface area contributed by atoms with Crippen molar-refractivity contribution >= 4 is 35.6 Å². The first-order valence-electron chi connectivity index (χ1n) is 9.68. The Bertz CT molecular complexity index is 579. The predicted octanol–water partition coefficient (Wildman–Crippen LogP) is 1.85. The van der Waals surface area contributed by atoms with Gasteiger partial charge in [-0.05, 0) is 45.6 Å². The molecule has 7 heteroatoms. The largest absolute Gasteiger partial charge is 0.370 e. The number of anilines is 1. The first-order chi connectivity index (χ1) is 12.5. The first-order valence-corrected chi connectivity index (χ1v) is 9.68. The Morgan fingerprint density at radius 3 is 2.70 bits per heavy atom. The third-order valence-electron chi connectivity index (χ3n) is 5.13. The van der Waals surface area contributed by atoms with Gasteiger partial charge in [0, 0.05) is 64.6 Å². The number of piperazine rings is 1. The van der Waals surface area contributed by atoms with E-state index in [9.17, 15) is 0 Å². The lowest BCUT2D eigenvalue weighted by atomic mass is 10.2. The van der Waals surface area contributed by atoms with Crippen LogP contribution in [0.15, 0.2) is 29.3 Å². The minimum atomic E-state index is 0. The quantitative estimate of drug-likeness (QED) is 0.349. The van der Waals surface area contributed by atoms with Gasteiger partial charge in [0.1, 0.15) is 0 Å². The summed E-state index contributed by atoms with van der Waals surface area (Å²) in [6, 6.07) is 9.21. The van der Waals surface area contributed by atoms with Crippen molar-refractivity contribution in [1.82, 2.24) is 20.4 Å². The molecule has 1 aliphatic rings. The number of guanidine groups is 1. The lowest BCUT2D eigenvalue weighted by molar-refractivity contribution is 0.116. The van der Waals surface area contributed by atoms with Gasteiger partial charge in [0.15, 0.2) is 5.96 Å². The summed E-state index contributed by atoms with van der Waals surface area (Å²) in [7, 11) is 6.23. The minimum absolute atomic E-state index is 0. The van der Waals surface area contributed by atoms with Gasteiger partial charge in [-0.3, -0.25) is 9.89 Å². The number of hydrogen-bond donors (Lipinski definition) is 2. The van der Waals surface area contributed by atoms with E-state index in [1.165, 1.54) is 11.3 Å². The number of likely N-dealkylation sites (N-methyl/N-ethyl adjacent to an activating group) is 3. The van der Waals surface area contributed by atoms with E-state index in [2.05, 4.69) is 82.5 Å². The Kier molecular flexibility index (Phi) is 11.0. The van der Waals surface area contributed by atoms with E-state index in [4.69, 9.17) is 0 Å². The van der Waals surface area contributed by atoms with E-state index >= 15 is 0 Å². The van der Waals surface area contributed by atoms with E-state index in [1.807, 2.05) is 7.05 Å². The zero-order valence-electron chi connectivity index (χ0n) is 17.5. The number of rotatable bonds is 7. The highest BCUT2D eigenvalue weighted by Gasteiger charge is 2.22. The summed E-state index contributed by atoms with van der Waals surface area (Å²) >= 11 is 0. The standard InChI is InChI=1S/C20H36N6.HI/c1-6-26(18-9-7-8-17(2)14-18)11-10-22-20(21-3)23-15-19-16-24(4)12-13-25(19)5;/h7-9,14,19H,6,10-13,15-16H2,1-5H3,(H2,21,22,23);1H. The molecule has 0 amide bonds. The van der Waals surface area contributed by atoms with Gasteiger partial charge < -0.3 is 20.4 Å². The molecule has 1 aliphatic heterocycles. The van der Waals surface area contributed by atoms with Crippen LogP contribution in [-0.4, -0.2) is 88.8 Å². The van der Waals surface area contributed by atoms with Crippen LogP contribution < -0.4 is 15.5 Å². The minimum Gasteiger partial charge on any atom is -0.370 e. The Morgan fingerprint density at radius 2 is 2.04 bits per heavy atom. The van der Waals surface area contributed by atoms with Crippen molar-refractivity contribution in [3.05, 3.63) is 29.8 Å². The maximum Gasteiger partial charge on any atom is 0.191 e. The van der Waals surface area contributed by atoms with Crippen molar-refractivity contribution in [3.63, 3.8) is 0 Å². The molecule has 1 aromatic rings. The highest BCUT2D eigenvalue weighted by atomic mass is 127. The molecule has 0 radical (unpaired) electrons. The normalized spacial score (nSPS) is 18.7. The molecular weight excluding hydrogens is 451 g/mol. The highest BCUT2D eigenvalue weighted by Crippen LogP contribution is 2.14. The van der Waals surface area contributed by atoms with Crippen molar-refractivity contribution < 1.29 is 0 Å². The van der Waals surface area contributed by atoms with E-state index in [-0.39, 0.29) is 24.0 Å². The molecule has 1 aromatic carbocycles. The Hall–Kier alpha value is -1.06. The van der Waals surface area contributed by atoms with Crippen molar-refractivity contribution in [2.75, 3.05) is 71.9 Å². The van der Waals surface area contributed by atoms with Gasteiger partial charge in [-0.1, -0.05) is 12.1 Å². The van der Waals surface area contributed by atoms with Crippen LogP contribution in [0.2, 0.25) is 0 Å². The molecule has 2 rings (SSSR count). The Morgan fingerprint density at radius 1 is 1.26 bits per heavy atom. The summed E-state index contributed by atoms with van der Waals surface area (Å²) in [5.74, 6) is 0.881. The molecule has 0 bridgehead atoms. The fourth-order valence-electron chi connectivity index (χ4n) is 3.36. The Labute approximate surface area is 182 Å². The lowest BCUT2D eigenvalue weighted by Gasteiger charge is -2.38. The molecule has 0 aliphatic carbocycles. The molecule has 1 heterocycles. The number of halogens is 1. The summed E-state index contributed by atoms with van der Waals surface area (Å²) in [4.78, 5) is 11.6. The topological polar surface area (TPSA) is 46.1 Å². The molecular formula is C20H37IN6. The SMILES string of the molecule is CCN(CCNC(=NC)NCC1CN(C)CCN1C)c1cccc(C)c1.I. The number of nitrogens with one attached hydrogen (secondary N) is 2. The Balaban J connectivity index is 0.00000364. The molecule has 1 fully saturated rings. The van der Waals surface area contributed by atoms with Crippen molar-refractivity contribution in [3.8, 4) is 0 Å². The second-order valence-electron chi connectivity index (χ2n) is 7.20. The van der Waals surface area contributed by atoms with Crippen LogP contribution in [0.3, 0.4) is 0 Å². The van der Waals surface area contributed by atoms with Crippen LogP contribution in [0.1, 0.15) is 12.5 Å². The zero-order valence-corrected chi connectivity index (χ0v) is 19.9. The maximum atomic E-state index is 4.37. The van der Waals surface area contributed by atoms with E-state index < -0.39 is 0 Å². The molecule has 1 saturated heterocycles. The van der Waals surface area contributed by atoms with Crippen molar-refractivity contribution in [1.29, 1.82) is 0 Å². The molecule has 6 nitrogen and oxygen atoms in total. The number of aliphatic imine (C=N–C) groups is 1. The lowest BCUT2D eigenvalue weighted by Crippen LogP contribution is -2.55. The van der Waals surface area contributed by atoms with Gasteiger partial charge in [-0.15, -0.1) is 24.0 Å². The first kappa shape index (κ1) is 24.0. The van der Waals surface area contributed by atoms with E-state index in [0.717, 1.165) is 51.8 Å².